The summed E-state index contributed by atoms with van der Waals surface area (Å²) in [6.07, 6.45) is 4.64. The predicted octanol–water partition coefficient (Wildman–Crippen LogP) is 2.30. The van der Waals surface area contributed by atoms with E-state index in [0.717, 1.165) is 30.6 Å². The van der Waals surface area contributed by atoms with E-state index in [9.17, 15) is 8.42 Å². The van der Waals surface area contributed by atoms with Crippen molar-refractivity contribution in [3.63, 3.8) is 0 Å². The van der Waals surface area contributed by atoms with Gasteiger partial charge in [-0.1, -0.05) is 24.6 Å². The van der Waals surface area contributed by atoms with Crippen molar-refractivity contribution >= 4 is 9.84 Å². The van der Waals surface area contributed by atoms with Crippen LogP contribution in [0.3, 0.4) is 0 Å². The Labute approximate surface area is 121 Å². The lowest BCUT2D eigenvalue weighted by atomic mass is 9.81. The first-order chi connectivity index (χ1) is 9.43. The SMILES string of the molecule is COc1ccccc1C(N)C1CCCC(S(C)(=O)=O)C1. The van der Waals surface area contributed by atoms with Gasteiger partial charge in [0, 0.05) is 17.9 Å². The van der Waals surface area contributed by atoms with Gasteiger partial charge in [-0.25, -0.2) is 8.42 Å². The summed E-state index contributed by atoms with van der Waals surface area (Å²) in [5.41, 5.74) is 7.34. The Kier molecular flexibility index (Phi) is 4.70. The number of rotatable bonds is 4. The molecule has 0 aromatic heterocycles. The van der Waals surface area contributed by atoms with E-state index in [1.165, 1.54) is 6.26 Å². The molecule has 1 fully saturated rings. The van der Waals surface area contributed by atoms with Gasteiger partial charge in [-0.05, 0) is 31.2 Å². The highest BCUT2D eigenvalue weighted by molar-refractivity contribution is 7.91. The van der Waals surface area contributed by atoms with Gasteiger partial charge in [0.15, 0.2) is 0 Å². The Bertz CT molecular complexity index is 556. The second-order valence-corrected chi connectivity index (χ2v) is 7.97. The molecule has 20 heavy (non-hydrogen) atoms. The summed E-state index contributed by atoms with van der Waals surface area (Å²) < 4.78 is 28.9. The van der Waals surface area contributed by atoms with Crippen molar-refractivity contribution in [2.45, 2.75) is 37.0 Å². The van der Waals surface area contributed by atoms with Crippen LogP contribution in [-0.4, -0.2) is 27.0 Å². The maximum Gasteiger partial charge on any atom is 0.150 e. The highest BCUT2D eigenvalue weighted by Crippen LogP contribution is 2.38. The molecule has 0 saturated heterocycles. The van der Waals surface area contributed by atoms with Gasteiger partial charge >= 0.3 is 0 Å². The van der Waals surface area contributed by atoms with E-state index in [0.29, 0.717) is 6.42 Å². The van der Waals surface area contributed by atoms with Crippen LogP contribution in [0.25, 0.3) is 0 Å². The van der Waals surface area contributed by atoms with Crippen LogP contribution in [0.15, 0.2) is 24.3 Å². The smallest absolute Gasteiger partial charge is 0.150 e. The summed E-state index contributed by atoms with van der Waals surface area (Å²) in [5.74, 6) is 0.973. The molecular formula is C15H23NO3S. The van der Waals surface area contributed by atoms with Crippen molar-refractivity contribution in [1.82, 2.24) is 0 Å². The maximum atomic E-state index is 11.7. The molecule has 0 radical (unpaired) electrons. The van der Waals surface area contributed by atoms with Crippen molar-refractivity contribution in [2.75, 3.05) is 13.4 Å². The van der Waals surface area contributed by atoms with Gasteiger partial charge in [-0.3, -0.25) is 0 Å². The van der Waals surface area contributed by atoms with Gasteiger partial charge in [-0.15, -0.1) is 0 Å². The highest BCUT2D eigenvalue weighted by atomic mass is 32.2. The summed E-state index contributed by atoms with van der Waals surface area (Å²) >= 11 is 0. The first-order valence-corrected chi connectivity index (χ1v) is 8.96. The van der Waals surface area contributed by atoms with E-state index >= 15 is 0 Å². The van der Waals surface area contributed by atoms with Gasteiger partial charge in [0.1, 0.15) is 15.6 Å². The van der Waals surface area contributed by atoms with Crippen LogP contribution in [0.4, 0.5) is 0 Å². The molecule has 1 aromatic rings. The van der Waals surface area contributed by atoms with Crippen LogP contribution in [0.1, 0.15) is 37.3 Å². The number of methoxy groups -OCH3 is 1. The summed E-state index contributed by atoms with van der Waals surface area (Å²) in [6.45, 7) is 0. The minimum atomic E-state index is -2.98. The molecular weight excluding hydrogens is 274 g/mol. The number of ether oxygens (including phenoxy) is 1. The van der Waals surface area contributed by atoms with E-state index in [1.807, 2.05) is 24.3 Å². The van der Waals surface area contributed by atoms with E-state index in [1.54, 1.807) is 7.11 Å². The van der Waals surface area contributed by atoms with Crippen molar-refractivity contribution in [3.8, 4) is 5.75 Å². The lowest BCUT2D eigenvalue weighted by Crippen LogP contribution is -2.33. The monoisotopic (exact) mass is 297 g/mol. The Morgan fingerprint density at radius 2 is 2.00 bits per heavy atom. The number of sulfone groups is 1. The van der Waals surface area contributed by atoms with Crippen molar-refractivity contribution in [2.24, 2.45) is 11.7 Å². The quantitative estimate of drug-likeness (QED) is 0.926. The normalized spacial score (nSPS) is 25.1. The molecule has 112 valence electrons. The third-order valence-corrected chi connectivity index (χ3v) is 5.92. The van der Waals surface area contributed by atoms with E-state index in [-0.39, 0.29) is 17.2 Å². The molecule has 0 spiro atoms. The van der Waals surface area contributed by atoms with Crippen LogP contribution >= 0.6 is 0 Å². The fourth-order valence-corrected chi connectivity index (χ4v) is 4.28. The molecule has 1 saturated carbocycles. The Morgan fingerprint density at radius 3 is 2.65 bits per heavy atom. The summed E-state index contributed by atoms with van der Waals surface area (Å²) in [6, 6.07) is 7.54. The van der Waals surface area contributed by atoms with Crippen LogP contribution in [-0.2, 0) is 9.84 Å². The van der Waals surface area contributed by atoms with E-state index in [4.69, 9.17) is 10.5 Å². The molecule has 0 aliphatic heterocycles. The number of hydrogen-bond donors (Lipinski definition) is 1. The second-order valence-electron chi connectivity index (χ2n) is 5.65. The molecule has 1 aromatic carbocycles. The fourth-order valence-electron chi connectivity index (χ4n) is 3.09. The van der Waals surface area contributed by atoms with Crippen LogP contribution < -0.4 is 10.5 Å². The molecule has 5 heteroatoms. The third kappa shape index (κ3) is 3.33. The minimum absolute atomic E-state index is 0.171. The maximum absolute atomic E-state index is 11.7. The third-order valence-electron chi connectivity index (χ3n) is 4.28. The highest BCUT2D eigenvalue weighted by Gasteiger charge is 2.33. The Balaban J connectivity index is 2.18. The zero-order chi connectivity index (χ0) is 14.8. The molecule has 1 aliphatic carbocycles. The fraction of sp³-hybridized carbons (Fsp3) is 0.600. The van der Waals surface area contributed by atoms with Crippen LogP contribution in [0.2, 0.25) is 0 Å². The lowest BCUT2D eigenvalue weighted by molar-refractivity contribution is 0.302. The molecule has 0 amide bonds. The molecule has 2 rings (SSSR count). The topological polar surface area (TPSA) is 69.4 Å². The number of hydrogen-bond acceptors (Lipinski definition) is 4. The summed E-state index contributed by atoms with van der Waals surface area (Å²) in [4.78, 5) is 0. The second kappa shape index (κ2) is 6.14. The molecule has 4 nitrogen and oxygen atoms in total. The average molecular weight is 297 g/mol. The van der Waals surface area contributed by atoms with Crippen molar-refractivity contribution in [3.05, 3.63) is 29.8 Å². The van der Waals surface area contributed by atoms with Gasteiger partial charge in [0.2, 0.25) is 0 Å². The first-order valence-electron chi connectivity index (χ1n) is 7.01. The largest absolute Gasteiger partial charge is 0.496 e. The summed E-state index contributed by atoms with van der Waals surface area (Å²) in [7, 11) is -1.35. The standard InChI is InChI=1S/C15H23NO3S/c1-19-14-9-4-3-8-13(14)15(16)11-6-5-7-12(10-11)20(2,17)18/h3-4,8-9,11-12,15H,5-7,10,16H2,1-2H3. The van der Waals surface area contributed by atoms with Crippen molar-refractivity contribution in [1.29, 1.82) is 0 Å². The molecule has 2 N–H and O–H groups in total. The molecule has 0 bridgehead atoms. The average Bonchev–Trinajstić information content (AvgIpc) is 2.45. The number of para-hydroxylation sites is 1. The predicted molar refractivity (Wildman–Crippen MR) is 80.5 cm³/mol. The van der Waals surface area contributed by atoms with Crippen LogP contribution in [0.5, 0.6) is 5.75 Å². The summed E-state index contributed by atoms with van der Waals surface area (Å²) in [5, 5.41) is -0.248. The van der Waals surface area contributed by atoms with Crippen LogP contribution in [0, 0.1) is 5.92 Å². The van der Waals surface area contributed by atoms with Crippen molar-refractivity contribution < 1.29 is 13.2 Å². The zero-order valence-electron chi connectivity index (χ0n) is 12.1. The lowest BCUT2D eigenvalue weighted by Gasteiger charge is -2.32. The molecule has 1 aliphatic rings. The van der Waals surface area contributed by atoms with Gasteiger partial charge in [0.25, 0.3) is 0 Å². The number of nitrogens with two attached hydrogens (primary N) is 1. The zero-order valence-corrected chi connectivity index (χ0v) is 12.9. The number of benzene rings is 1. The molecule has 3 unspecified atom stereocenters. The van der Waals surface area contributed by atoms with Gasteiger partial charge in [-0.2, -0.15) is 0 Å². The first kappa shape index (κ1) is 15.3. The molecule has 3 atom stereocenters. The van der Waals surface area contributed by atoms with E-state index in [2.05, 4.69) is 0 Å². The Morgan fingerprint density at radius 1 is 1.30 bits per heavy atom. The van der Waals surface area contributed by atoms with E-state index < -0.39 is 9.84 Å². The molecule has 0 heterocycles. The van der Waals surface area contributed by atoms with Gasteiger partial charge < -0.3 is 10.5 Å². The van der Waals surface area contributed by atoms with Gasteiger partial charge in [0.05, 0.1) is 12.4 Å². The minimum Gasteiger partial charge on any atom is -0.496 e. The Hall–Kier alpha value is -1.07.